The van der Waals surface area contributed by atoms with Crippen molar-refractivity contribution in [2.75, 3.05) is 32.8 Å². The van der Waals surface area contributed by atoms with Gasteiger partial charge in [-0.2, -0.15) is 4.98 Å². The highest BCUT2D eigenvalue weighted by Gasteiger charge is 2.24. The molecule has 148 valence electrons. The van der Waals surface area contributed by atoms with E-state index in [9.17, 15) is 4.79 Å². The van der Waals surface area contributed by atoms with E-state index in [0.29, 0.717) is 44.4 Å². The number of rotatable bonds is 6. The van der Waals surface area contributed by atoms with Gasteiger partial charge in [0, 0.05) is 32.1 Å². The molecule has 0 bridgehead atoms. The SMILES string of the molecule is CCNC(=NCCc1nc(C)no1)NC1CCN(C(=O)OCC)CC1.I. The number of carbonyl (C=O) groups is 1. The molecule has 9 nitrogen and oxygen atoms in total. The van der Waals surface area contributed by atoms with Crippen molar-refractivity contribution in [3.8, 4) is 0 Å². The van der Waals surface area contributed by atoms with E-state index < -0.39 is 0 Å². The standard InChI is InChI=1S/C16H28N6O3.HI/c1-4-17-15(18-9-6-14-19-12(3)21-25-14)20-13-7-10-22(11-8-13)16(23)24-5-2;/h13H,4-11H2,1-3H3,(H2,17,18,20);1H. The summed E-state index contributed by atoms with van der Waals surface area (Å²) in [6.45, 7) is 8.79. The highest BCUT2D eigenvalue weighted by atomic mass is 127. The molecule has 0 radical (unpaired) electrons. The molecule has 1 aromatic heterocycles. The molecule has 1 amide bonds. The molecule has 1 saturated heterocycles. The number of hydrogen-bond donors (Lipinski definition) is 2. The van der Waals surface area contributed by atoms with Crippen LogP contribution in [0.25, 0.3) is 0 Å². The first-order valence-corrected chi connectivity index (χ1v) is 8.88. The molecule has 0 atom stereocenters. The summed E-state index contributed by atoms with van der Waals surface area (Å²) in [5.74, 6) is 2.01. The minimum absolute atomic E-state index is 0. The highest BCUT2D eigenvalue weighted by molar-refractivity contribution is 14.0. The molecular formula is C16H29IN6O3. The first-order chi connectivity index (χ1) is 12.1. The third-order valence-electron chi connectivity index (χ3n) is 3.87. The van der Waals surface area contributed by atoms with Gasteiger partial charge in [0.2, 0.25) is 5.89 Å². The average molecular weight is 480 g/mol. The fraction of sp³-hybridized carbons (Fsp3) is 0.750. The normalized spacial score (nSPS) is 15.3. The van der Waals surface area contributed by atoms with E-state index in [1.807, 2.05) is 13.8 Å². The number of aryl methyl sites for hydroxylation is 1. The van der Waals surface area contributed by atoms with E-state index in [0.717, 1.165) is 25.3 Å². The molecule has 2 heterocycles. The number of aliphatic imine (C=N–C) groups is 1. The Balaban J connectivity index is 0.00000338. The number of nitrogens with zero attached hydrogens (tertiary/aromatic N) is 4. The number of carbonyl (C=O) groups excluding carboxylic acids is 1. The second-order valence-corrected chi connectivity index (χ2v) is 5.85. The third-order valence-corrected chi connectivity index (χ3v) is 3.87. The number of ether oxygens (including phenoxy) is 1. The van der Waals surface area contributed by atoms with Crippen LogP contribution in [0.2, 0.25) is 0 Å². The summed E-state index contributed by atoms with van der Waals surface area (Å²) in [4.78, 5) is 22.2. The second kappa shape index (κ2) is 11.9. The molecule has 1 aromatic rings. The van der Waals surface area contributed by atoms with Gasteiger partial charge in [-0.15, -0.1) is 24.0 Å². The van der Waals surface area contributed by atoms with Crippen molar-refractivity contribution in [3.63, 3.8) is 0 Å². The molecule has 26 heavy (non-hydrogen) atoms. The number of halogens is 1. The zero-order chi connectivity index (χ0) is 18.1. The maximum atomic E-state index is 11.7. The number of aromatic nitrogens is 2. The Morgan fingerprint density at radius 1 is 1.38 bits per heavy atom. The molecule has 1 aliphatic rings. The topological polar surface area (TPSA) is 105 Å². The van der Waals surface area contributed by atoms with Crippen molar-refractivity contribution in [2.24, 2.45) is 4.99 Å². The van der Waals surface area contributed by atoms with Gasteiger partial charge in [0.1, 0.15) is 0 Å². The number of amides is 1. The summed E-state index contributed by atoms with van der Waals surface area (Å²) in [5, 5.41) is 10.4. The van der Waals surface area contributed by atoms with Gasteiger partial charge in [0.25, 0.3) is 0 Å². The molecule has 0 unspecified atom stereocenters. The summed E-state index contributed by atoms with van der Waals surface area (Å²) in [6, 6.07) is 0.286. The van der Waals surface area contributed by atoms with Gasteiger partial charge in [-0.3, -0.25) is 4.99 Å². The van der Waals surface area contributed by atoms with Crippen LogP contribution in [0.1, 0.15) is 38.4 Å². The fourth-order valence-electron chi connectivity index (χ4n) is 2.64. The van der Waals surface area contributed by atoms with Crippen molar-refractivity contribution in [3.05, 3.63) is 11.7 Å². The molecule has 0 aliphatic carbocycles. The summed E-state index contributed by atoms with van der Waals surface area (Å²) in [6.07, 6.45) is 2.12. The van der Waals surface area contributed by atoms with E-state index >= 15 is 0 Å². The highest BCUT2D eigenvalue weighted by Crippen LogP contribution is 2.11. The van der Waals surface area contributed by atoms with Crippen LogP contribution < -0.4 is 10.6 Å². The first-order valence-electron chi connectivity index (χ1n) is 8.88. The zero-order valence-corrected chi connectivity index (χ0v) is 18.0. The average Bonchev–Trinajstić information content (AvgIpc) is 3.01. The Bertz CT molecular complexity index is 572. The molecule has 2 rings (SSSR count). The van der Waals surface area contributed by atoms with Crippen LogP contribution in [0.15, 0.2) is 9.52 Å². The molecule has 10 heteroatoms. The minimum Gasteiger partial charge on any atom is -0.450 e. The Morgan fingerprint density at radius 3 is 2.69 bits per heavy atom. The van der Waals surface area contributed by atoms with Gasteiger partial charge >= 0.3 is 6.09 Å². The van der Waals surface area contributed by atoms with Crippen molar-refractivity contribution in [1.29, 1.82) is 0 Å². The van der Waals surface area contributed by atoms with Crippen LogP contribution in [0, 0.1) is 6.92 Å². The lowest BCUT2D eigenvalue weighted by atomic mass is 10.1. The van der Waals surface area contributed by atoms with Gasteiger partial charge in [-0.1, -0.05) is 5.16 Å². The third kappa shape index (κ3) is 7.34. The van der Waals surface area contributed by atoms with E-state index in [2.05, 4.69) is 25.8 Å². The fourth-order valence-corrected chi connectivity index (χ4v) is 2.64. The van der Waals surface area contributed by atoms with E-state index in [4.69, 9.17) is 9.26 Å². The van der Waals surface area contributed by atoms with Crippen LogP contribution in [-0.2, 0) is 11.2 Å². The van der Waals surface area contributed by atoms with Crippen molar-refractivity contribution in [1.82, 2.24) is 25.7 Å². The molecule has 1 fully saturated rings. The Labute approximate surface area is 171 Å². The second-order valence-electron chi connectivity index (χ2n) is 5.85. The monoisotopic (exact) mass is 480 g/mol. The minimum atomic E-state index is -0.226. The molecule has 1 aliphatic heterocycles. The van der Waals surface area contributed by atoms with Gasteiger partial charge in [0.15, 0.2) is 11.8 Å². The Kier molecular flexibility index (Phi) is 10.3. The van der Waals surface area contributed by atoms with Gasteiger partial charge in [-0.25, -0.2) is 4.79 Å². The number of likely N-dealkylation sites (tertiary alicyclic amines) is 1. The number of hydrogen-bond acceptors (Lipinski definition) is 6. The van der Waals surface area contributed by atoms with Gasteiger partial charge < -0.3 is 24.8 Å². The van der Waals surface area contributed by atoms with Gasteiger partial charge in [-0.05, 0) is 33.6 Å². The molecule has 2 N–H and O–H groups in total. The molecule has 0 aromatic carbocycles. The maximum Gasteiger partial charge on any atom is 0.409 e. The van der Waals surface area contributed by atoms with E-state index in [1.165, 1.54) is 0 Å². The van der Waals surface area contributed by atoms with Crippen molar-refractivity contribution in [2.45, 2.75) is 46.1 Å². The Morgan fingerprint density at radius 2 is 2.12 bits per heavy atom. The van der Waals surface area contributed by atoms with Crippen LogP contribution >= 0.6 is 24.0 Å². The first kappa shape index (κ1) is 22.5. The number of guanidine groups is 1. The predicted octanol–water partition coefficient (Wildman–Crippen LogP) is 1.71. The van der Waals surface area contributed by atoms with Crippen LogP contribution in [0.4, 0.5) is 4.79 Å². The number of nitrogens with one attached hydrogen (secondary N) is 2. The smallest absolute Gasteiger partial charge is 0.409 e. The van der Waals surface area contributed by atoms with Gasteiger partial charge in [0.05, 0.1) is 13.2 Å². The summed E-state index contributed by atoms with van der Waals surface area (Å²) >= 11 is 0. The lowest BCUT2D eigenvalue weighted by Crippen LogP contribution is -2.50. The largest absolute Gasteiger partial charge is 0.450 e. The molecule has 0 saturated carbocycles. The number of piperidine rings is 1. The van der Waals surface area contributed by atoms with Crippen LogP contribution in [0.3, 0.4) is 0 Å². The maximum absolute atomic E-state index is 11.7. The van der Waals surface area contributed by atoms with Crippen LogP contribution in [0.5, 0.6) is 0 Å². The lowest BCUT2D eigenvalue weighted by Gasteiger charge is -2.32. The van der Waals surface area contributed by atoms with Crippen LogP contribution in [-0.4, -0.2) is 65.9 Å². The molecule has 0 spiro atoms. The Hall–Kier alpha value is -1.59. The zero-order valence-electron chi connectivity index (χ0n) is 15.7. The summed E-state index contributed by atoms with van der Waals surface area (Å²) in [7, 11) is 0. The quantitative estimate of drug-likeness (QED) is 0.363. The predicted molar refractivity (Wildman–Crippen MR) is 109 cm³/mol. The van der Waals surface area contributed by atoms with E-state index in [-0.39, 0.29) is 36.1 Å². The molecular weight excluding hydrogens is 451 g/mol. The summed E-state index contributed by atoms with van der Waals surface area (Å²) in [5.41, 5.74) is 0. The van der Waals surface area contributed by atoms with E-state index in [1.54, 1.807) is 11.8 Å². The van der Waals surface area contributed by atoms with Crippen molar-refractivity contribution < 1.29 is 14.1 Å². The van der Waals surface area contributed by atoms with Crippen molar-refractivity contribution >= 4 is 36.0 Å². The summed E-state index contributed by atoms with van der Waals surface area (Å²) < 4.78 is 10.1. The lowest BCUT2D eigenvalue weighted by molar-refractivity contribution is 0.0963.